The van der Waals surface area contributed by atoms with E-state index < -0.39 is 0 Å². The third-order valence-corrected chi connectivity index (χ3v) is 2.99. The molecule has 0 unspecified atom stereocenters. The Hall–Kier alpha value is -2.61. The third-order valence-electron chi connectivity index (χ3n) is 2.99. The molecule has 3 aromatic carbocycles. The van der Waals surface area contributed by atoms with Crippen molar-refractivity contribution in [1.29, 1.82) is 0 Å². The van der Waals surface area contributed by atoms with Gasteiger partial charge in [0.05, 0.1) is 5.69 Å². The van der Waals surface area contributed by atoms with Gasteiger partial charge in [0.1, 0.15) is 5.75 Å². The Labute approximate surface area is 111 Å². The van der Waals surface area contributed by atoms with Gasteiger partial charge in [-0.15, -0.1) is 0 Å². The summed E-state index contributed by atoms with van der Waals surface area (Å²) in [6.07, 6.45) is 1.83. The molecule has 0 atom stereocenters. The summed E-state index contributed by atoms with van der Waals surface area (Å²) in [5, 5.41) is 11.6. The molecule has 0 fully saturated rings. The zero-order valence-corrected chi connectivity index (χ0v) is 10.3. The summed E-state index contributed by atoms with van der Waals surface area (Å²) in [5.41, 5.74) is 1.89. The second kappa shape index (κ2) is 4.94. The van der Waals surface area contributed by atoms with Gasteiger partial charge < -0.3 is 5.11 Å². The van der Waals surface area contributed by atoms with Crippen LogP contribution in [0.3, 0.4) is 0 Å². The van der Waals surface area contributed by atoms with Gasteiger partial charge in [0.25, 0.3) is 0 Å². The lowest BCUT2D eigenvalue weighted by Gasteiger charge is -1.99. The third kappa shape index (κ3) is 2.63. The molecule has 3 rings (SSSR count). The topological polar surface area (TPSA) is 32.6 Å². The van der Waals surface area contributed by atoms with E-state index in [-0.39, 0.29) is 5.75 Å². The van der Waals surface area contributed by atoms with Crippen molar-refractivity contribution in [3.05, 3.63) is 72.3 Å². The molecule has 0 bridgehead atoms. The Morgan fingerprint density at radius 1 is 0.789 bits per heavy atom. The predicted octanol–water partition coefficient (Wildman–Crippen LogP) is 4.30. The van der Waals surface area contributed by atoms with E-state index in [0.717, 1.165) is 11.3 Å². The van der Waals surface area contributed by atoms with E-state index in [0.29, 0.717) is 0 Å². The van der Waals surface area contributed by atoms with Gasteiger partial charge in [-0.1, -0.05) is 36.4 Å². The molecule has 0 aliphatic carbocycles. The van der Waals surface area contributed by atoms with E-state index in [1.165, 1.54) is 10.8 Å². The highest BCUT2D eigenvalue weighted by Gasteiger charge is 1.94. The summed E-state index contributed by atoms with van der Waals surface area (Å²) in [5.74, 6) is 0.254. The first-order valence-electron chi connectivity index (χ1n) is 6.13. The second-order valence-corrected chi connectivity index (χ2v) is 4.38. The maximum atomic E-state index is 9.21. The van der Waals surface area contributed by atoms with Crippen LogP contribution in [-0.2, 0) is 0 Å². The summed E-state index contributed by atoms with van der Waals surface area (Å²) in [4.78, 5) is 4.39. The molecule has 0 spiro atoms. The highest BCUT2D eigenvalue weighted by molar-refractivity contribution is 5.91. The van der Waals surface area contributed by atoms with E-state index >= 15 is 0 Å². The molecule has 0 radical (unpaired) electrons. The van der Waals surface area contributed by atoms with E-state index in [2.05, 4.69) is 29.3 Å². The van der Waals surface area contributed by atoms with Gasteiger partial charge in [-0.25, -0.2) is 0 Å². The summed E-state index contributed by atoms with van der Waals surface area (Å²) < 4.78 is 0. The molecular weight excluding hydrogens is 234 g/mol. The lowest BCUT2D eigenvalue weighted by atomic mass is 10.1. The first kappa shape index (κ1) is 11.5. The minimum atomic E-state index is 0.254. The van der Waals surface area contributed by atoms with Gasteiger partial charge in [-0.2, -0.15) is 0 Å². The fraction of sp³-hybridized carbons (Fsp3) is 0. The SMILES string of the molecule is Oc1ccc(N=Cc2ccc3ccccc3c2)cc1. The van der Waals surface area contributed by atoms with Gasteiger partial charge in [-0.05, 0) is 46.7 Å². The van der Waals surface area contributed by atoms with E-state index in [4.69, 9.17) is 0 Å². The zero-order chi connectivity index (χ0) is 13.1. The zero-order valence-electron chi connectivity index (χ0n) is 10.3. The Kier molecular flexibility index (Phi) is 2.99. The summed E-state index contributed by atoms with van der Waals surface area (Å²) >= 11 is 0. The Morgan fingerprint density at radius 2 is 1.53 bits per heavy atom. The van der Waals surface area contributed by atoms with Crippen LogP contribution in [0.4, 0.5) is 5.69 Å². The Balaban J connectivity index is 1.90. The van der Waals surface area contributed by atoms with Crippen LogP contribution in [0.25, 0.3) is 10.8 Å². The lowest BCUT2D eigenvalue weighted by molar-refractivity contribution is 0.475. The Morgan fingerprint density at radius 3 is 2.32 bits per heavy atom. The summed E-state index contributed by atoms with van der Waals surface area (Å²) in [6, 6.07) is 21.3. The van der Waals surface area contributed by atoms with Crippen molar-refractivity contribution in [2.45, 2.75) is 0 Å². The number of nitrogens with zero attached hydrogens (tertiary/aromatic N) is 1. The average Bonchev–Trinajstić information content (AvgIpc) is 2.46. The van der Waals surface area contributed by atoms with Crippen LogP contribution < -0.4 is 0 Å². The fourth-order valence-electron chi connectivity index (χ4n) is 1.98. The van der Waals surface area contributed by atoms with Gasteiger partial charge >= 0.3 is 0 Å². The van der Waals surface area contributed by atoms with Crippen molar-refractivity contribution in [2.24, 2.45) is 4.99 Å². The average molecular weight is 247 g/mol. The fourth-order valence-corrected chi connectivity index (χ4v) is 1.98. The minimum absolute atomic E-state index is 0.254. The quantitative estimate of drug-likeness (QED) is 0.673. The van der Waals surface area contributed by atoms with Crippen LogP contribution >= 0.6 is 0 Å². The van der Waals surface area contributed by atoms with Crippen LogP contribution in [-0.4, -0.2) is 11.3 Å². The molecule has 19 heavy (non-hydrogen) atoms. The molecule has 0 aliphatic heterocycles. The Bertz CT molecular complexity index is 730. The maximum absolute atomic E-state index is 9.21. The van der Waals surface area contributed by atoms with Gasteiger partial charge in [0.2, 0.25) is 0 Å². The van der Waals surface area contributed by atoms with Crippen LogP contribution in [0.15, 0.2) is 71.7 Å². The van der Waals surface area contributed by atoms with E-state index in [1.807, 2.05) is 24.4 Å². The number of phenols is 1. The predicted molar refractivity (Wildman–Crippen MR) is 79.3 cm³/mol. The number of aliphatic imine (C=N–C) groups is 1. The minimum Gasteiger partial charge on any atom is -0.508 e. The molecule has 0 heterocycles. The second-order valence-electron chi connectivity index (χ2n) is 4.38. The molecule has 2 nitrogen and oxygen atoms in total. The largest absolute Gasteiger partial charge is 0.508 e. The number of fused-ring (bicyclic) bond motifs is 1. The van der Waals surface area contributed by atoms with Gasteiger partial charge in [0, 0.05) is 6.21 Å². The first-order chi connectivity index (χ1) is 9.31. The van der Waals surface area contributed by atoms with Crippen LogP contribution in [0.5, 0.6) is 5.75 Å². The molecule has 0 saturated carbocycles. The smallest absolute Gasteiger partial charge is 0.115 e. The number of hydrogen-bond acceptors (Lipinski definition) is 2. The lowest BCUT2D eigenvalue weighted by Crippen LogP contribution is -1.81. The molecule has 0 aliphatic rings. The van der Waals surface area contributed by atoms with Crippen molar-refractivity contribution in [2.75, 3.05) is 0 Å². The molecular formula is C17H13NO. The first-order valence-corrected chi connectivity index (χ1v) is 6.13. The molecule has 0 aromatic heterocycles. The standard InChI is InChI=1S/C17H13NO/c19-17-9-7-16(8-10-17)18-12-13-5-6-14-3-1-2-4-15(14)11-13/h1-12,19H. The number of phenolic OH excluding ortho intramolecular Hbond substituents is 1. The molecule has 1 N–H and O–H groups in total. The molecule has 3 aromatic rings. The number of hydrogen-bond donors (Lipinski definition) is 1. The van der Waals surface area contributed by atoms with Crippen molar-refractivity contribution in [1.82, 2.24) is 0 Å². The maximum Gasteiger partial charge on any atom is 0.115 e. The van der Waals surface area contributed by atoms with Gasteiger partial charge in [0.15, 0.2) is 0 Å². The highest BCUT2D eigenvalue weighted by Crippen LogP contribution is 2.18. The van der Waals surface area contributed by atoms with Crippen molar-refractivity contribution in [3.63, 3.8) is 0 Å². The van der Waals surface area contributed by atoms with E-state index in [9.17, 15) is 5.11 Å². The normalized spacial score (nSPS) is 11.2. The van der Waals surface area contributed by atoms with E-state index in [1.54, 1.807) is 24.3 Å². The van der Waals surface area contributed by atoms with Crippen molar-refractivity contribution in [3.8, 4) is 5.75 Å². The molecule has 92 valence electrons. The summed E-state index contributed by atoms with van der Waals surface area (Å²) in [6.45, 7) is 0. The van der Waals surface area contributed by atoms with Crippen molar-refractivity contribution >= 4 is 22.7 Å². The number of rotatable bonds is 2. The van der Waals surface area contributed by atoms with Crippen LogP contribution in [0.1, 0.15) is 5.56 Å². The van der Waals surface area contributed by atoms with Crippen molar-refractivity contribution < 1.29 is 5.11 Å². The highest BCUT2D eigenvalue weighted by atomic mass is 16.3. The molecule has 0 saturated heterocycles. The van der Waals surface area contributed by atoms with Crippen LogP contribution in [0, 0.1) is 0 Å². The summed E-state index contributed by atoms with van der Waals surface area (Å²) in [7, 11) is 0. The van der Waals surface area contributed by atoms with Crippen LogP contribution in [0.2, 0.25) is 0 Å². The van der Waals surface area contributed by atoms with Gasteiger partial charge in [-0.3, -0.25) is 4.99 Å². The monoisotopic (exact) mass is 247 g/mol. The number of aromatic hydroxyl groups is 1. The molecule has 0 amide bonds. The number of benzene rings is 3. The molecule has 2 heteroatoms.